The Hall–Kier alpha value is -4.02. The molecule has 0 aliphatic heterocycles. The number of aromatic amines is 1. The monoisotopic (exact) mass is 446 g/mol. The van der Waals surface area contributed by atoms with Gasteiger partial charge in [-0.3, -0.25) is 14.9 Å². The van der Waals surface area contributed by atoms with E-state index < -0.39 is 40.9 Å². The Morgan fingerprint density at radius 1 is 0.906 bits per heavy atom. The lowest BCUT2D eigenvalue weighted by atomic mass is 10.1. The van der Waals surface area contributed by atoms with E-state index in [2.05, 4.69) is 4.98 Å². The van der Waals surface area contributed by atoms with E-state index in [1.165, 1.54) is 0 Å². The Labute approximate surface area is 182 Å². The van der Waals surface area contributed by atoms with Crippen LogP contribution in [0.1, 0.15) is 66.7 Å². The van der Waals surface area contributed by atoms with Gasteiger partial charge in [0.15, 0.2) is 6.61 Å². The molecule has 0 spiro atoms. The molecule has 0 saturated heterocycles. The van der Waals surface area contributed by atoms with E-state index in [9.17, 15) is 29.3 Å². The van der Waals surface area contributed by atoms with E-state index >= 15 is 0 Å². The van der Waals surface area contributed by atoms with Crippen molar-refractivity contribution < 1.29 is 38.3 Å². The normalized spacial score (nSPS) is 10.4. The third-order valence-electron chi connectivity index (χ3n) is 4.41. The molecule has 1 aromatic heterocycles. The predicted molar refractivity (Wildman–Crippen MR) is 110 cm³/mol. The number of nitrogens with zero attached hydrogens (tertiary/aromatic N) is 1. The van der Waals surface area contributed by atoms with Gasteiger partial charge in [-0.05, 0) is 39.3 Å². The standard InChI is InChI=1S/C21H22N2O9/c1-5-30-19(25)13-7-14(9-15(8-13)23(28)29)20(26)32-10-16(24)17-11(3)18(22-12(17)4)21(27)31-6-2/h7-9,22H,5-6,10H2,1-4H3. The maximum Gasteiger partial charge on any atom is 0.355 e. The van der Waals surface area contributed by atoms with Crippen LogP contribution in [0.3, 0.4) is 0 Å². The number of ketones is 1. The molecule has 0 amide bonds. The largest absolute Gasteiger partial charge is 0.462 e. The molecule has 11 heteroatoms. The second-order valence-electron chi connectivity index (χ2n) is 6.59. The van der Waals surface area contributed by atoms with E-state index in [1.807, 2.05) is 0 Å². The highest BCUT2D eigenvalue weighted by molar-refractivity contribution is 6.04. The SMILES string of the molecule is CCOC(=O)c1cc(C(=O)OCC(=O)c2c(C)[nH]c(C(=O)OCC)c2C)cc([N+](=O)[O-])c1. The van der Waals surface area contributed by atoms with Crippen LogP contribution in [0.4, 0.5) is 5.69 Å². The number of hydrogen-bond donors (Lipinski definition) is 1. The lowest BCUT2D eigenvalue weighted by Gasteiger charge is -2.07. The number of esters is 3. The van der Waals surface area contributed by atoms with Crippen LogP contribution in [0, 0.1) is 24.0 Å². The van der Waals surface area contributed by atoms with Gasteiger partial charge < -0.3 is 19.2 Å². The number of rotatable bonds is 9. The van der Waals surface area contributed by atoms with E-state index in [0.717, 1.165) is 18.2 Å². The van der Waals surface area contributed by atoms with Crippen molar-refractivity contribution in [2.75, 3.05) is 19.8 Å². The molecule has 0 radical (unpaired) electrons. The van der Waals surface area contributed by atoms with Gasteiger partial charge in [0.05, 0.1) is 29.3 Å². The van der Waals surface area contributed by atoms with E-state index in [4.69, 9.17) is 14.2 Å². The fraction of sp³-hybridized carbons (Fsp3) is 0.333. The zero-order chi connectivity index (χ0) is 24.0. The number of H-pyrrole nitrogens is 1. The third-order valence-corrected chi connectivity index (χ3v) is 4.41. The smallest absolute Gasteiger partial charge is 0.355 e. The van der Waals surface area contributed by atoms with Crippen LogP contribution in [-0.4, -0.2) is 53.4 Å². The van der Waals surface area contributed by atoms with Gasteiger partial charge in [-0.2, -0.15) is 0 Å². The molecule has 1 N–H and O–H groups in total. The van der Waals surface area contributed by atoms with Crippen molar-refractivity contribution in [1.29, 1.82) is 0 Å². The highest BCUT2D eigenvalue weighted by atomic mass is 16.6. The van der Waals surface area contributed by atoms with Crippen LogP contribution in [0.25, 0.3) is 0 Å². The number of nitro groups is 1. The molecular weight excluding hydrogens is 424 g/mol. The second kappa shape index (κ2) is 10.3. The molecule has 0 saturated carbocycles. The number of nitro benzene ring substituents is 1. The minimum Gasteiger partial charge on any atom is -0.462 e. The first-order valence-electron chi connectivity index (χ1n) is 9.63. The number of aryl methyl sites for hydroxylation is 1. The van der Waals surface area contributed by atoms with Crippen LogP contribution in [0.15, 0.2) is 18.2 Å². The molecule has 11 nitrogen and oxygen atoms in total. The molecule has 1 aromatic carbocycles. The number of benzene rings is 1. The molecule has 0 bridgehead atoms. The third kappa shape index (κ3) is 5.36. The van der Waals surface area contributed by atoms with Gasteiger partial charge in [-0.1, -0.05) is 0 Å². The van der Waals surface area contributed by atoms with Crippen molar-refractivity contribution in [3.63, 3.8) is 0 Å². The van der Waals surface area contributed by atoms with Gasteiger partial charge in [0.25, 0.3) is 5.69 Å². The average Bonchev–Trinajstić information content (AvgIpc) is 3.05. The predicted octanol–water partition coefficient (Wildman–Crippen LogP) is 2.93. The zero-order valence-corrected chi connectivity index (χ0v) is 18.0. The number of non-ortho nitro benzene ring substituents is 1. The highest BCUT2D eigenvalue weighted by Crippen LogP contribution is 2.21. The van der Waals surface area contributed by atoms with Crippen LogP contribution in [-0.2, 0) is 14.2 Å². The Balaban J connectivity index is 2.22. The summed E-state index contributed by atoms with van der Waals surface area (Å²) in [6, 6.07) is 2.99. The molecular formula is C21H22N2O9. The Bertz CT molecular complexity index is 1090. The maximum atomic E-state index is 12.6. The first-order chi connectivity index (χ1) is 15.1. The highest BCUT2D eigenvalue weighted by Gasteiger charge is 2.25. The minimum atomic E-state index is -1.04. The van der Waals surface area contributed by atoms with Gasteiger partial charge in [-0.15, -0.1) is 0 Å². The van der Waals surface area contributed by atoms with E-state index in [0.29, 0.717) is 11.3 Å². The molecule has 170 valence electrons. The quantitative estimate of drug-likeness (QED) is 0.201. The molecule has 2 aromatic rings. The second-order valence-corrected chi connectivity index (χ2v) is 6.59. The number of ether oxygens (including phenoxy) is 3. The fourth-order valence-electron chi connectivity index (χ4n) is 3.03. The Morgan fingerprint density at radius 3 is 1.97 bits per heavy atom. The van der Waals surface area contributed by atoms with Crippen LogP contribution in [0.2, 0.25) is 0 Å². The maximum absolute atomic E-state index is 12.6. The van der Waals surface area contributed by atoms with Crippen molar-refractivity contribution in [1.82, 2.24) is 4.98 Å². The average molecular weight is 446 g/mol. The lowest BCUT2D eigenvalue weighted by molar-refractivity contribution is -0.384. The van der Waals surface area contributed by atoms with Crippen LogP contribution < -0.4 is 0 Å². The molecule has 0 fully saturated rings. The van der Waals surface area contributed by atoms with Crippen LogP contribution in [0.5, 0.6) is 0 Å². The lowest BCUT2D eigenvalue weighted by Crippen LogP contribution is -2.16. The first-order valence-corrected chi connectivity index (χ1v) is 9.63. The van der Waals surface area contributed by atoms with E-state index in [-0.39, 0.29) is 35.6 Å². The minimum absolute atomic E-state index is 0.0406. The number of carbonyl (C=O) groups is 4. The fourth-order valence-corrected chi connectivity index (χ4v) is 3.03. The Morgan fingerprint density at radius 2 is 1.44 bits per heavy atom. The molecule has 0 unspecified atom stereocenters. The molecule has 2 rings (SSSR count). The van der Waals surface area contributed by atoms with Gasteiger partial charge in [0.1, 0.15) is 5.69 Å². The molecule has 0 aliphatic rings. The molecule has 1 heterocycles. The van der Waals surface area contributed by atoms with Crippen molar-refractivity contribution in [2.45, 2.75) is 27.7 Å². The summed E-state index contributed by atoms with van der Waals surface area (Å²) in [7, 11) is 0. The zero-order valence-electron chi connectivity index (χ0n) is 18.0. The number of nitrogens with one attached hydrogen (secondary N) is 1. The van der Waals surface area contributed by atoms with Crippen molar-refractivity contribution >= 4 is 29.4 Å². The van der Waals surface area contributed by atoms with Crippen molar-refractivity contribution in [2.24, 2.45) is 0 Å². The summed E-state index contributed by atoms with van der Waals surface area (Å²) in [6.45, 7) is 5.86. The van der Waals surface area contributed by atoms with Crippen molar-refractivity contribution in [3.8, 4) is 0 Å². The van der Waals surface area contributed by atoms with Crippen LogP contribution >= 0.6 is 0 Å². The molecule has 0 aliphatic carbocycles. The van der Waals surface area contributed by atoms with Gasteiger partial charge in [0, 0.05) is 23.4 Å². The number of carbonyl (C=O) groups excluding carboxylic acids is 4. The summed E-state index contributed by atoms with van der Waals surface area (Å²) < 4.78 is 14.7. The topological polar surface area (TPSA) is 155 Å². The van der Waals surface area contributed by atoms with E-state index in [1.54, 1.807) is 27.7 Å². The molecule has 32 heavy (non-hydrogen) atoms. The summed E-state index contributed by atoms with van der Waals surface area (Å²) in [5.41, 5.74) is 0.0446. The summed E-state index contributed by atoms with van der Waals surface area (Å²) in [6.07, 6.45) is 0. The summed E-state index contributed by atoms with van der Waals surface area (Å²) in [5, 5.41) is 11.1. The number of hydrogen-bond acceptors (Lipinski definition) is 9. The van der Waals surface area contributed by atoms with Gasteiger partial charge in [-0.25, -0.2) is 14.4 Å². The van der Waals surface area contributed by atoms with Gasteiger partial charge >= 0.3 is 17.9 Å². The summed E-state index contributed by atoms with van der Waals surface area (Å²) in [4.78, 5) is 62.1. The Kier molecular flexibility index (Phi) is 7.83. The first kappa shape index (κ1) is 24.3. The summed E-state index contributed by atoms with van der Waals surface area (Å²) in [5.74, 6) is -3.08. The van der Waals surface area contributed by atoms with Gasteiger partial charge in [0.2, 0.25) is 5.78 Å². The van der Waals surface area contributed by atoms with Crippen molar-refractivity contribution in [3.05, 3.63) is 62.0 Å². The number of aromatic nitrogens is 1. The summed E-state index contributed by atoms with van der Waals surface area (Å²) >= 11 is 0. The molecule has 0 atom stereocenters. The number of Topliss-reactive ketones (excluding diaryl/α,β-unsaturated/α-hetero) is 1.